The van der Waals surface area contributed by atoms with Gasteiger partial charge in [0.1, 0.15) is 13.1 Å². The molecule has 0 radical (unpaired) electrons. The lowest BCUT2D eigenvalue weighted by Crippen LogP contribution is -3.00. The molecule has 9 heteroatoms. The molecule has 0 aromatic carbocycles. The summed E-state index contributed by atoms with van der Waals surface area (Å²) in [6.45, 7) is 1.50. The third-order valence-electron chi connectivity index (χ3n) is 2.51. The second kappa shape index (κ2) is 7.90. The van der Waals surface area contributed by atoms with Crippen molar-refractivity contribution in [1.82, 2.24) is 9.55 Å². The van der Waals surface area contributed by atoms with E-state index in [1.807, 2.05) is 0 Å². The smallest absolute Gasteiger partial charge is 0.340 e. The van der Waals surface area contributed by atoms with E-state index >= 15 is 0 Å². The molecule has 0 bridgehead atoms. The van der Waals surface area contributed by atoms with Gasteiger partial charge in [0.25, 0.3) is 0 Å². The third-order valence-corrected chi connectivity index (χ3v) is 2.68. The maximum atomic E-state index is 10.8. The van der Waals surface area contributed by atoms with E-state index in [1.165, 1.54) is 6.20 Å². The SMILES string of the molecule is C[N+](O)(CCCl)CCCn1ccnc1[NH+]([O-])O.Cl. The van der Waals surface area contributed by atoms with Gasteiger partial charge in [-0.2, -0.15) is 14.9 Å². The van der Waals surface area contributed by atoms with Crippen molar-refractivity contribution in [2.24, 2.45) is 0 Å². The van der Waals surface area contributed by atoms with Gasteiger partial charge in [-0.15, -0.1) is 24.0 Å². The van der Waals surface area contributed by atoms with Crippen LogP contribution in [-0.4, -0.2) is 50.6 Å². The Morgan fingerprint density at radius 3 is 2.78 bits per heavy atom. The van der Waals surface area contributed by atoms with Crippen LogP contribution in [0.4, 0.5) is 5.95 Å². The van der Waals surface area contributed by atoms with Gasteiger partial charge in [-0.25, -0.2) is 10.4 Å². The van der Waals surface area contributed by atoms with Crippen molar-refractivity contribution >= 4 is 30.0 Å². The molecule has 1 aromatic rings. The van der Waals surface area contributed by atoms with E-state index in [0.717, 1.165) is 0 Å². The van der Waals surface area contributed by atoms with E-state index in [0.29, 0.717) is 31.9 Å². The number of hydrogen-bond donors (Lipinski definition) is 3. The standard InChI is InChI=1S/C9H18ClN4O3.ClH/c1-14(17,8-3-10)7-2-5-12-6-4-11-9(12)13(15)16;/h4,6,13,15,17H,2-3,5,7-8H2,1H3;1H/q+1;. The van der Waals surface area contributed by atoms with Crippen LogP contribution in [0, 0.1) is 5.21 Å². The highest BCUT2D eigenvalue weighted by atomic mass is 35.5. The van der Waals surface area contributed by atoms with Crippen LogP contribution >= 0.6 is 24.0 Å². The summed E-state index contributed by atoms with van der Waals surface area (Å²) in [5.41, 5.74) is 0. The van der Waals surface area contributed by atoms with Crippen LogP contribution in [0.15, 0.2) is 12.4 Å². The van der Waals surface area contributed by atoms with E-state index in [-0.39, 0.29) is 23.0 Å². The van der Waals surface area contributed by atoms with E-state index in [9.17, 15) is 10.4 Å². The van der Waals surface area contributed by atoms with Gasteiger partial charge in [-0.1, -0.05) is 0 Å². The fraction of sp³-hybridized carbons (Fsp3) is 0.667. The molecule has 18 heavy (non-hydrogen) atoms. The Morgan fingerprint density at radius 2 is 2.22 bits per heavy atom. The normalized spacial score (nSPS) is 15.8. The Kier molecular flexibility index (Phi) is 7.72. The van der Waals surface area contributed by atoms with E-state index in [4.69, 9.17) is 16.8 Å². The molecule has 0 amide bonds. The Bertz CT molecular complexity index is 346. The lowest BCUT2D eigenvalue weighted by molar-refractivity contribution is -1.09. The molecule has 0 spiro atoms. The van der Waals surface area contributed by atoms with Crippen molar-refractivity contribution in [3.63, 3.8) is 0 Å². The Balaban J connectivity index is 0.00000289. The Hall–Kier alpha value is -0.410. The number of aromatic nitrogens is 2. The summed E-state index contributed by atoms with van der Waals surface area (Å²) in [5, 5.41) is 28.4. The van der Waals surface area contributed by atoms with Crippen LogP contribution in [-0.2, 0) is 6.54 Å². The molecule has 2 unspecified atom stereocenters. The van der Waals surface area contributed by atoms with Gasteiger partial charge in [0.2, 0.25) is 0 Å². The summed E-state index contributed by atoms with van der Waals surface area (Å²) in [7, 11) is 1.67. The molecule has 0 saturated heterocycles. The van der Waals surface area contributed by atoms with E-state index in [2.05, 4.69) is 4.98 Å². The van der Waals surface area contributed by atoms with Gasteiger partial charge >= 0.3 is 5.95 Å². The Labute approximate surface area is 117 Å². The number of halogens is 2. The molecule has 0 aliphatic rings. The number of imidazole rings is 1. The first kappa shape index (κ1) is 17.6. The summed E-state index contributed by atoms with van der Waals surface area (Å²) >= 11 is 5.56. The number of nitrogens with one attached hydrogen (secondary N) is 1. The van der Waals surface area contributed by atoms with Crippen molar-refractivity contribution in [2.45, 2.75) is 13.0 Å². The van der Waals surface area contributed by atoms with Crippen molar-refractivity contribution in [1.29, 1.82) is 0 Å². The summed E-state index contributed by atoms with van der Waals surface area (Å²) in [4.78, 5) is 3.74. The number of hydrogen-bond acceptors (Lipinski definition) is 4. The molecule has 0 saturated carbocycles. The van der Waals surface area contributed by atoms with Crippen LogP contribution in [0.2, 0.25) is 0 Å². The predicted molar refractivity (Wildman–Crippen MR) is 68.3 cm³/mol. The topological polar surface area (TPSA) is 85.8 Å². The number of rotatable bonds is 7. The number of quaternary nitrogens is 2. The zero-order valence-electron chi connectivity index (χ0n) is 10.1. The van der Waals surface area contributed by atoms with Crippen LogP contribution in [0.1, 0.15) is 6.42 Å². The molecule has 106 valence electrons. The summed E-state index contributed by atoms with van der Waals surface area (Å²) in [6.07, 6.45) is 3.72. The molecule has 2 atom stereocenters. The third kappa shape index (κ3) is 5.49. The molecule has 0 aliphatic heterocycles. The number of alkyl halides is 1. The predicted octanol–water partition coefficient (Wildman–Crippen LogP) is 0.173. The van der Waals surface area contributed by atoms with Gasteiger partial charge in [0.15, 0.2) is 0 Å². The average Bonchev–Trinajstić information content (AvgIpc) is 2.65. The first-order chi connectivity index (χ1) is 7.96. The summed E-state index contributed by atoms with van der Waals surface area (Å²) in [5.74, 6) is 0.410. The van der Waals surface area contributed by atoms with Crippen molar-refractivity contribution < 1.29 is 20.3 Å². The lowest BCUT2D eigenvalue weighted by Gasteiger charge is -2.24. The van der Waals surface area contributed by atoms with Crippen LogP contribution < -0.4 is 5.23 Å². The van der Waals surface area contributed by atoms with Gasteiger partial charge in [-0.05, 0) is 0 Å². The maximum absolute atomic E-state index is 10.8. The second-order valence-electron chi connectivity index (χ2n) is 4.08. The molecule has 1 aromatic heterocycles. The molecule has 0 aliphatic carbocycles. The zero-order chi connectivity index (χ0) is 12.9. The molecule has 3 N–H and O–H groups in total. The number of hydroxylamine groups is 3. The van der Waals surface area contributed by atoms with Gasteiger partial charge in [-0.3, -0.25) is 4.57 Å². The van der Waals surface area contributed by atoms with E-state index in [1.54, 1.807) is 17.8 Å². The van der Waals surface area contributed by atoms with Crippen molar-refractivity contribution in [3.8, 4) is 0 Å². The minimum absolute atomic E-state index is 0. The Morgan fingerprint density at radius 1 is 1.56 bits per heavy atom. The quantitative estimate of drug-likeness (QED) is 0.381. The first-order valence-electron chi connectivity index (χ1n) is 5.34. The minimum Gasteiger partial charge on any atom is -0.592 e. The minimum atomic E-state index is -1.04. The number of nitrogens with zero attached hydrogens (tertiary/aromatic N) is 3. The summed E-state index contributed by atoms with van der Waals surface area (Å²) in [6, 6.07) is 0. The highest BCUT2D eigenvalue weighted by molar-refractivity contribution is 6.17. The van der Waals surface area contributed by atoms with E-state index < -0.39 is 5.23 Å². The molecule has 1 rings (SSSR count). The van der Waals surface area contributed by atoms with Crippen molar-refractivity contribution in [2.75, 3.05) is 26.0 Å². The largest absolute Gasteiger partial charge is 0.592 e. The highest BCUT2D eigenvalue weighted by Crippen LogP contribution is 2.04. The summed E-state index contributed by atoms with van der Waals surface area (Å²) < 4.78 is 1.41. The fourth-order valence-corrected chi connectivity index (χ4v) is 1.93. The lowest BCUT2D eigenvalue weighted by atomic mass is 10.4. The molecule has 0 fully saturated rings. The van der Waals surface area contributed by atoms with Crippen LogP contribution in [0.3, 0.4) is 0 Å². The van der Waals surface area contributed by atoms with Crippen LogP contribution in [0.5, 0.6) is 0 Å². The fourth-order valence-electron chi connectivity index (χ4n) is 1.56. The van der Waals surface area contributed by atoms with Gasteiger partial charge in [0.05, 0.1) is 19.1 Å². The van der Waals surface area contributed by atoms with Gasteiger partial charge in [0, 0.05) is 19.2 Å². The monoisotopic (exact) mass is 301 g/mol. The van der Waals surface area contributed by atoms with Crippen LogP contribution in [0.25, 0.3) is 0 Å². The maximum Gasteiger partial charge on any atom is 0.340 e. The molecule has 7 nitrogen and oxygen atoms in total. The highest BCUT2D eigenvalue weighted by Gasteiger charge is 2.18. The average molecular weight is 302 g/mol. The molecule has 1 heterocycles. The number of aryl methyl sites for hydroxylation is 1. The van der Waals surface area contributed by atoms with Gasteiger partial charge < -0.3 is 5.21 Å². The molecular weight excluding hydrogens is 283 g/mol. The first-order valence-corrected chi connectivity index (χ1v) is 5.87. The van der Waals surface area contributed by atoms with Crippen molar-refractivity contribution in [3.05, 3.63) is 17.6 Å². The zero-order valence-corrected chi connectivity index (χ0v) is 11.7. The second-order valence-corrected chi connectivity index (χ2v) is 4.46. The molecular formula is C9H19Cl2N4O3+.